The summed E-state index contributed by atoms with van der Waals surface area (Å²) < 4.78 is 17.6. The third kappa shape index (κ3) is 4.28. The highest BCUT2D eigenvalue weighted by molar-refractivity contribution is 9.10. The Morgan fingerprint density at radius 1 is 1.07 bits per heavy atom. The van der Waals surface area contributed by atoms with Gasteiger partial charge in [-0.05, 0) is 48.9 Å². The normalized spacial score (nSPS) is 11.1. The Kier molecular flexibility index (Phi) is 5.50. The number of rotatable bonds is 6. The van der Waals surface area contributed by atoms with Gasteiger partial charge in [-0.15, -0.1) is 10.2 Å². The molecule has 0 radical (unpaired) electrons. The first-order valence-electron chi connectivity index (χ1n) is 8.48. The number of aromatic nitrogens is 2. The van der Waals surface area contributed by atoms with Crippen LogP contribution in [0.2, 0.25) is 0 Å². The number of hydrogen-bond donors (Lipinski definition) is 0. The molecule has 0 amide bonds. The first kappa shape index (κ1) is 18.8. The van der Waals surface area contributed by atoms with Crippen LogP contribution in [0.4, 0.5) is 0 Å². The smallest absolute Gasteiger partial charge is 0.336 e. The first-order valence-corrected chi connectivity index (χ1v) is 10.3. The van der Waals surface area contributed by atoms with E-state index in [1.807, 2.05) is 43.3 Å². The SMILES string of the molecule is Cc1cc(=O)oc2cc(OCCSc3nnc(-c4ccc(Br)cc4)o3)ccc12. The first-order chi connectivity index (χ1) is 13.6. The molecule has 0 aliphatic heterocycles. The fraction of sp³-hybridized carbons (Fsp3) is 0.150. The lowest BCUT2D eigenvalue weighted by molar-refractivity contribution is 0.343. The zero-order valence-corrected chi connectivity index (χ0v) is 17.2. The number of nitrogens with zero attached hydrogens (tertiary/aromatic N) is 2. The summed E-state index contributed by atoms with van der Waals surface area (Å²) in [6, 6.07) is 14.6. The van der Waals surface area contributed by atoms with Crippen LogP contribution in [0.15, 0.2) is 71.9 Å². The summed E-state index contributed by atoms with van der Waals surface area (Å²) in [5.74, 6) is 1.76. The van der Waals surface area contributed by atoms with Crippen molar-refractivity contribution in [2.75, 3.05) is 12.4 Å². The molecule has 28 heavy (non-hydrogen) atoms. The van der Waals surface area contributed by atoms with Crippen LogP contribution in [0.5, 0.6) is 5.75 Å². The van der Waals surface area contributed by atoms with Gasteiger partial charge in [0.15, 0.2) is 0 Å². The lowest BCUT2D eigenvalue weighted by atomic mass is 10.1. The van der Waals surface area contributed by atoms with E-state index in [1.165, 1.54) is 17.8 Å². The second-order valence-corrected chi connectivity index (χ2v) is 7.95. The molecule has 6 nitrogen and oxygen atoms in total. The summed E-state index contributed by atoms with van der Waals surface area (Å²) in [6.45, 7) is 2.32. The van der Waals surface area contributed by atoms with E-state index < -0.39 is 0 Å². The van der Waals surface area contributed by atoms with E-state index in [0.717, 1.165) is 21.0 Å². The van der Waals surface area contributed by atoms with Gasteiger partial charge in [-0.1, -0.05) is 27.7 Å². The van der Waals surface area contributed by atoms with Gasteiger partial charge in [0, 0.05) is 33.3 Å². The maximum absolute atomic E-state index is 11.5. The summed E-state index contributed by atoms with van der Waals surface area (Å²) in [4.78, 5) is 11.5. The summed E-state index contributed by atoms with van der Waals surface area (Å²) >= 11 is 4.82. The summed E-state index contributed by atoms with van der Waals surface area (Å²) in [5, 5.41) is 9.50. The van der Waals surface area contributed by atoms with Gasteiger partial charge >= 0.3 is 5.63 Å². The third-order valence-electron chi connectivity index (χ3n) is 4.00. The fourth-order valence-corrected chi connectivity index (χ4v) is 3.50. The minimum Gasteiger partial charge on any atom is -0.493 e. The summed E-state index contributed by atoms with van der Waals surface area (Å²) in [6.07, 6.45) is 0. The lowest BCUT2D eigenvalue weighted by Gasteiger charge is -2.06. The molecule has 0 unspecified atom stereocenters. The molecule has 0 fully saturated rings. The number of hydrogen-bond acceptors (Lipinski definition) is 7. The number of fused-ring (bicyclic) bond motifs is 1. The van der Waals surface area contributed by atoms with Crippen molar-refractivity contribution in [3.05, 3.63) is 69.0 Å². The van der Waals surface area contributed by atoms with Crippen molar-refractivity contribution >= 4 is 38.7 Å². The van der Waals surface area contributed by atoms with Gasteiger partial charge in [-0.25, -0.2) is 4.79 Å². The number of thioether (sulfide) groups is 1. The number of benzene rings is 2. The maximum Gasteiger partial charge on any atom is 0.336 e. The molecule has 2 heterocycles. The molecule has 0 saturated carbocycles. The van der Waals surface area contributed by atoms with Crippen LogP contribution in [-0.2, 0) is 0 Å². The van der Waals surface area contributed by atoms with Crippen molar-refractivity contribution in [2.45, 2.75) is 12.1 Å². The standard InChI is InChI=1S/C20H15BrN2O4S/c1-12-10-18(24)26-17-11-15(6-7-16(12)17)25-8-9-28-20-23-22-19(27-20)13-2-4-14(21)5-3-13/h2-7,10-11H,8-9H2,1H3. The van der Waals surface area contributed by atoms with Crippen LogP contribution in [0.1, 0.15) is 5.56 Å². The third-order valence-corrected chi connectivity index (χ3v) is 5.31. The second-order valence-electron chi connectivity index (χ2n) is 5.98. The van der Waals surface area contributed by atoms with Gasteiger partial charge in [-0.3, -0.25) is 0 Å². The van der Waals surface area contributed by atoms with Crippen molar-refractivity contribution in [3.63, 3.8) is 0 Å². The van der Waals surface area contributed by atoms with Gasteiger partial charge < -0.3 is 13.6 Å². The highest BCUT2D eigenvalue weighted by atomic mass is 79.9. The molecule has 0 N–H and O–H groups in total. The Morgan fingerprint density at radius 2 is 1.89 bits per heavy atom. The van der Waals surface area contributed by atoms with Crippen molar-refractivity contribution in [1.29, 1.82) is 0 Å². The molecule has 0 aliphatic rings. The van der Waals surface area contributed by atoms with Gasteiger partial charge in [0.1, 0.15) is 11.3 Å². The molecule has 142 valence electrons. The fourth-order valence-electron chi connectivity index (χ4n) is 2.66. The Bertz CT molecular complexity index is 1170. The van der Waals surface area contributed by atoms with Gasteiger partial charge in [0.2, 0.25) is 5.89 Å². The van der Waals surface area contributed by atoms with E-state index >= 15 is 0 Å². The Hall–Kier alpha value is -2.58. The van der Waals surface area contributed by atoms with E-state index in [-0.39, 0.29) is 5.63 Å². The van der Waals surface area contributed by atoms with Crippen LogP contribution in [0.3, 0.4) is 0 Å². The van der Waals surface area contributed by atoms with E-state index in [2.05, 4.69) is 26.1 Å². The molecular weight excluding hydrogens is 444 g/mol. The maximum atomic E-state index is 11.5. The van der Waals surface area contributed by atoms with Gasteiger partial charge in [0.05, 0.1) is 6.61 Å². The van der Waals surface area contributed by atoms with Crippen molar-refractivity contribution in [3.8, 4) is 17.2 Å². The average molecular weight is 459 g/mol. The summed E-state index contributed by atoms with van der Waals surface area (Å²) in [5.41, 5.74) is 1.90. The van der Waals surface area contributed by atoms with Gasteiger partial charge in [-0.2, -0.15) is 0 Å². The lowest BCUT2D eigenvalue weighted by Crippen LogP contribution is -2.01. The molecule has 4 aromatic rings. The van der Waals surface area contributed by atoms with Crippen molar-refractivity contribution in [2.24, 2.45) is 0 Å². The molecule has 0 spiro atoms. The quantitative estimate of drug-likeness (QED) is 0.226. The summed E-state index contributed by atoms with van der Waals surface area (Å²) in [7, 11) is 0. The predicted octanol–water partition coefficient (Wildman–Crippen LogP) is 5.09. The monoisotopic (exact) mass is 458 g/mol. The van der Waals surface area contributed by atoms with E-state index in [0.29, 0.717) is 34.8 Å². The highest BCUT2D eigenvalue weighted by Gasteiger charge is 2.09. The van der Waals surface area contributed by atoms with E-state index in [4.69, 9.17) is 13.6 Å². The topological polar surface area (TPSA) is 78.4 Å². The predicted molar refractivity (Wildman–Crippen MR) is 111 cm³/mol. The molecule has 4 rings (SSSR count). The van der Waals surface area contributed by atoms with Gasteiger partial charge in [0.25, 0.3) is 5.22 Å². The average Bonchev–Trinajstić information content (AvgIpc) is 3.14. The largest absolute Gasteiger partial charge is 0.493 e. The Balaban J connectivity index is 1.34. The second kappa shape index (κ2) is 8.20. The molecule has 0 bridgehead atoms. The molecule has 0 aliphatic carbocycles. The van der Waals surface area contributed by atoms with Crippen LogP contribution >= 0.6 is 27.7 Å². The van der Waals surface area contributed by atoms with Crippen molar-refractivity contribution < 1.29 is 13.6 Å². The highest BCUT2D eigenvalue weighted by Crippen LogP contribution is 2.25. The number of halogens is 1. The zero-order chi connectivity index (χ0) is 19.5. The molecular formula is C20H15BrN2O4S. The molecule has 2 aromatic carbocycles. The zero-order valence-electron chi connectivity index (χ0n) is 14.8. The van der Waals surface area contributed by atoms with Crippen molar-refractivity contribution in [1.82, 2.24) is 10.2 Å². The minimum absolute atomic E-state index is 0.365. The Morgan fingerprint density at radius 3 is 2.71 bits per heavy atom. The minimum atomic E-state index is -0.365. The van der Waals surface area contributed by atoms with Crippen LogP contribution < -0.4 is 10.4 Å². The molecule has 8 heteroatoms. The van der Waals surface area contributed by atoms with Crippen LogP contribution in [-0.4, -0.2) is 22.6 Å². The number of ether oxygens (including phenoxy) is 1. The molecule has 0 saturated heterocycles. The molecule has 2 aromatic heterocycles. The van der Waals surface area contributed by atoms with E-state index in [9.17, 15) is 4.79 Å². The van der Waals surface area contributed by atoms with Crippen LogP contribution in [0.25, 0.3) is 22.4 Å². The van der Waals surface area contributed by atoms with E-state index in [1.54, 1.807) is 6.07 Å². The number of aryl methyl sites for hydroxylation is 1. The molecule has 0 atom stereocenters. The Labute approximate surface area is 173 Å². The van der Waals surface area contributed by atoms with Crippen LogP contribution in [0, 0.1) is 6.92 Å².